The number of aliphatic hydroxyl groups excluding tert-OH is 1. The van der Waals surface area contributed by atoms with Crippen LogP contribution in [0.3, 0.4) is 0 Å². The van der Waals surface area contributed by atoms with Gasteiger partial charge in [0, 0.05) is 18.2 Å². The fourth-order valence-corrected chi connectivity index (χ4v) is 1.87. The van der Waals surface area contributed by atoms with Crippen LogP contribution in [-0.2, 0) is 9.59 Å². The van der Waals surface area contributed by atoms with Crippen molar-refractivity contribution in [1.82, 2.24) is 5.32 Å². The highest BCUT2D eigenvalue weighted by molar-refractivity contribution is 6.41. The van der Waals surface area contributed by atoms with Crippen LogP contribution in [0.4, 0.5) is 5.69 Å². The van der Waals surface area contributed by atoms with Gasteiger partial charge in [0.15, 0.2) is 11.5 Å². The second kappa shape index (κ2) is 6.64. The summed E-state index contributed by atoms with van der Waals surface area (Å²) in [4.78, 5) is 23.3. The average Bonchev–Trinajstić information content (AvgIpc) is 2.47. The summed E-state index contributed by atoms with van der Waals surface area (Å²) < 4.78 is 10.7. The maximum atomic E-state index is 11.7. The molecule has 21 heavy (non-hydrogen) atoms. The van der Waals surface area contributed by atoms with E-state index >= 15 is 0 Å². The Labute approximate surface area is 126 Å². The van der Waals surface area contributed by atoms with Gasteiger partial charge in [-0.05, 0) is 6.92 Å². The van der Waals surface area contributed by atoms with Crippen molar-refractivity contribution in [2.75, 3.05) is 25.1 Å². The lowest BCUT2D eigenvalue weighted by atomic mass is 10.2. The van der Waals surface area contributed by atoms with Gasteiger partial charge in [0.2, 0.25) is 0 Å². The zero-order chi connectivity index (χ0) is 15.4. The number of hydrogen-bond acceptors (Lipinski definition) is 5. The zero-order valence-electron chi connectivity index (χ0n) is 11.3. The molecule has 0 bridgehead atoms. The summed E-state index contributed by atoms with van der Waals surface area (Å²) in [5, 5.41) is 13.8. The third-order valence-corrected chi connectivity index (χ3v) is 3.05. The first-order valence-corrected chi connectivity index (χ1v) is 6.71. The van der Waals surface area contributed by atoms with Crippen molar-refractivity contribution in [2.45, 2.75) is 13.0 Å². The van der Waals surface area contributed by atoms with Crippen LogP contribution in [0.15, 0.2) is 12.1 Å². The minimum absolute atomic E-state index is 0.232. The Bertz CT molecular complexity index is 564. The number of amides is 2. The molecular formula is C13H15ClN2O5. The van der Waals surface area contributed by atoms with Crippen molar-refractivity contribution in [1.29, 1.82) is 0 Å². The third-order valence-electron chi connectivity index (χ3n) is 2.74. The molecule has 0 saturated carbocycles. The molecule has 0 radical (unpaired) electrons. The van der Waals surface area contributed by atoms with Crippen molar-refractivity contribution in [2.24, 2.45) is 0 Å². The van der Waals surface area contributed by atoms with Gasteiger partial charge in [-0.1, -0.05) is 11.6 Å². The highest BCUT2D eigenvalue weighted by Gasteiger charge is 2.20. The summed E-state index contributed by atoms with van der Waals surface area (Å²) in [6.45, 7) is 2.14. The Kier molecular flexibility index (Phi) is 4.87. The van der Waals surface area contributed by atoms with Crippen LogP contribution in [0.5, 0.6) is 11.5 Å². The molecule has 1 atom stereocenters. The van der Waals surface area contributed by atoms with Gasteiger partial charge in [0.05, 0.1) is 17.3 Å². The highest BCUT2D eigenvalue weighted by Crippen LogP contribution is 2.37. The van der Waals surface area contributed by atoms with Gasteiger partial charge < -0.3 is 25.2 Å². The van der Waals surface area contributed by atoms with Crippen LogP contribution in [0.1, 0.15) is 6.92 Å². The van der Waals surface area contributed by atoms with Crippen LogP contribution in [-0.4, -0.2) is 42.8 Å². The Morgan fingerprint density at radius 1 is 1.29 bits per heavy atom. The summed E-state index contributed by atoms with van der Waals surface area (Å²) in [7, 11) is 0. The quantitative estimate of drug-likeness (QED) is 0.708. The first-order valence-electron chi connectivity index (χ1n) is 6.33. The number of ether oxygens (including phenoxy) is 2. The summed E-state index contributed by atoms with van der Waals surface area (Å²) in [5.41, 5.74) is 0.248. The molecule has 0 saturated heterocycles. The lowest BCUT2D eigenvalue weighted by Gasteiger charge is -2.20. The Hall–Kier alpha value is -1.99. The molecule has 114 valence electrons. The predicted molar refractivity (Wildman–Crippen MR) is 75.8 cm³/mol. The molecular weight excluding hydrogens is 300 g/mol. The van der Waals surface area contributed by atoms with Gasteiger partial charge >= 0.3 is 11.8 Å². The summed E-state index contributed by atoms with van der Waals surface area (Å²) in [5.74, 6) is -0.802. The maximum absolute atomic E-state index is 11.7. The molecule has 0 spiro atoms. The highest BCUT2D eigenvalue weighted by atomic mass is 35.5. The molecule has 1 aliphatic heterocycles. The second-order valence-corrected chi connectivity index (χ2v) is 4.89. The minimum atomic E-state index is -0.881. The number of halogens is 1. The fourth-order valence-electron chi connectivity index (χ4n) is 1.67. The molecule has 3 N–H and O–H groups in total. The van der Waals surface area contributed by atoms with Crippen molar-refractivity contribution >= 4 is 29.1 Å². The average molecular weight is 315 g/mol. The largest absolute Gasteiger partial charge is 0.486 e. The van der Waals surface area contributed by atoms with E-state index in [9.17, 15) is 9.59 Å². The van der Waals surface area contributed by atoms with E-state index in [0.29, 0.717) is 24.7 Å². The number of benzene rings is 1. The van der Waals surface area contributed by atoms with E-state index in [-0.39, 0.29) is 17.3 Å². The van der Waals surface area contributed by atoms with Gasteiger partial charge in [-0.15, -0.1) is 0 Å². The van der Waals surface area contributed by atoms with Crippen molar-refractivity contribution in [3.05, 3.63) is 17.2 Å². The number of nitrogens with one attached hydrogen (secondary N) is 2. The number of anilines is 1. The molecule has 7 nitrogen and oxygen atoms in total. The molecule has 0 fully saturated rings. The van der Waals surface area contributed by atoms with Crippen molar-refractivity contribution in [3.63, 3.8) is 0 Å². The normalized spacial score (nSPS) is 14.2. The third kappa shape index (κ3) is 3.77. The van der Waals surface area contributed by atoms with Crippen LogP contribution in [0.2, 0.25) is 5.02 Å². The van der Waals surface area contributed by atoms with Crippen LogP contribution >= 0.6 is 11.6 Å². The number of fused-ring (bicyclic) bond motifs is 1. The molecule has 0 aromatic heterocycles. The lowest BCUT2D eigenvalue weighted by molar-refractivity contribution is -0.136. The zero-order valence-corrected chi connectivity index (χ0v) is 12.1. The topological polar surface area (TPSA) is 96.9 Å². The van der Waals surface area contributed by atoms with Gasteiger partial charge in [-0.2, -0.15) is 0 Å². The van der Waals surface area contributed by atoms with E-state index in [0.717, 1.165) is 0 Å². The van der Waals surface area contributed by atoms with Crippen molar-refractivity contribution < 1.29 is 24.2 Å². The smallest absolute Gasteiger partial charge is 0.313 e. The molecule has 2 rings (SSSR count). The van der Waals surface area contributed by atoms with E-state index in [1.165, 1.54) is 12.1 Å². The molecule has 8 heteroatoms. The second-order valence-electron chi connectivity index (χ2n) is 4.49. The number of aliphatic hydroxyl groups is 1. The predicted octanol–water partition coefficient (Wildman–Crippen LogP) is 0.547. The van der Waals surface area contributed by atoms with E-state index < -0.39 is 17.9 Å². The van der Waals surface area contributed by atoms with Crippen LogP contribution in [0, 0.1) is 0 Å². The minimum Gasteiger partial charge on any atom is -0.486 e. The van der Waals surface area contributed by atoms with Gasteiger partial charge in [0.1, 0.15) is 13.2 Å². The molecule has 1 heterocycles. The molecule has 1 aliphatic rings. The first kappa shape index (κ1) is 15.4. The monoisotopic (exact) mass is 314 g/mol. The number of rotatable bonds is 3. The van der Waals surface area contributed by atoms with E-state index in [4.69, 9.17) is 26.2 Å². The lowest BCUT2D eigenvalue weighted by Crippen LogP contribution is -2.42. The van der Waals surface area contributed by atoms with Gasteiger partial charge in [-0.25, -0.2) is 0 Å². The number of hydrogen-bond donors (Lipinski definition) is 3. The van der Waals surface area contributed by atoms with Crippen LogP contribution < -0.4 is 20.1 Å². The summed E-state index contributed by atoms with van der Waals surface area (Å²) in [6, 6.07) is 2.50. The molecule has 0 aliphatic carbocycles. The van der Waals surface area contributed by atoms with Gasteiger partial charge in [-0.3, -0.25) is 9.59 Å². The molecule has 2 amide bonds. The molecule has 1 aromatic carbocycles. The Balaban J connectivity index is 2.08. The van der Waals surface area contributed by atoms with E-state index in [1.807, 2.05) is 0 Å². The maximum Gasteiger partial charge on any atom is 0.313 e. The molecule has 1 aromatic rings. The first-order chi connectivity index (χ1) is 10.0. The molecule has 0 unspecified atom stereocenters. The summed E-state index contributed by atoms with van der Waals surface area (Å²) >= 11 is 6.02. The van der Waals surface area contributed by atoms with E-state index in [2.05, 4.69) is 10.6 Å². The number of carbonyl (C=O) groups is 2. The van der Waals surface area contributed by atoms with Crippen LogP contribution in [0.25, 0.3) is 0 Å². The van der Waals surface area contributed by atoms with E-state index in [1.54, 1.807) is 6.92 Å². The summed E-state index contributed by atoms with van der Waals surface area (Å²) in [6.07, 6.45) is 0. The van der Waals surface area contributed by atoms with Crippen molar-refractivity contribution in [3.8, 4) is 11.5 Å². The van der Waals surface area contributed by atoms with Gasteiger partial charge in [0.25, 0.3) is 0 Å². The number of carbonyl (C=O) groups excluding carboxylic acids is 2. The Morgan fingerprint density at radius 2 is 1.90 bits per heavy atom. The SMILES string of the molecule is C[C@H](CO)NC(=O)C(=O)Nc1cc2c(cc1Cl)OCCO2. The standard InChI is InChI=1S/C13H15ClN2O5/c1-7(6-17)15-12(18)13(19)16-9-5-11-10(4-8(9)14)20-2-3-21-11/h4-5,7,17H,2-3,6H2,1H3,(H,15,18)(H,16,19)/t7-/m1/s1. The fraction of sp³-hybridized carbons (Fsp3) is 0.385. The Morgan fingerprint density at radius 3 is 2.52 bits per heavy atom.